The molecule has 0 spiro atoms. The van der Waals surface area contributed by atoms with Crippen molar-refractivity contribution in [3.05, 3.63) is 24.0 Å². The normalized spacial score (nSPS) is 28.2. The fourth-order valence-electron chi connectivity index (χ4n) is 3.17. The van der Waals surface area contributed by atoms with E-state index in [-0.39, 0.29) is 12.1 Å². The van der Waals surface area contributed by atoms with Gasteiger partial charge in [0.25, 0.3) is 0 Å². The molecule has 5 nitrogen and oxygen atoms in total. The molecule has 0 aliphatic carbocycles. The first-order valence-electron chi connectivity index (χ1n) is 7.11. The highest BCUT2D eigenvalue weighted by atomic mass is 16.2. The van der Waals surface area contributed by atoms with Gasteiger partial charge in [0.2, 0.25) is 0 Å². The third kappa shape index (κ3) is 2.47. The average molecular weight is 262 g/mol. The number of likely N-dealkylation sites (N-methyl/N-ethyl adjacent to an activating group) is 1. The molecule has 2 aliphatic heterocycles. The van der Waals surface area contributed by atoms with Crippen molar-refractivity contribution in [3.63, 3.8) is 0 Å². The number of nitrogens with one attached hydrogen (secondary N) is 2. The number of carbonyl (C=O) groups excluding carboxylic acids is 1. The van der Waals surface area contributed by atoms with E-state index in [4.69, 9.17) is 0 Å². The summed E-state index contributed by atoms with van der Waals surface area (Å²) in [5.74, 6) is 0.605. The van der Waals surface area contributed by atoms with Crippen molar-refractivity contribution < 1.29 is 4.79 Å². The molecule has 2 atom stereocenters. The quantitative estimate of drug-likeness (QED) is 0.865. The molecule has 0 saturated carbocycles. The topological polar surface area (TPSA) is 51.4 Å². The minimum absolute atomic E-state index is 0.158. The van der Waals surface area contributed by atoms with E-state index in [0.717, 1.165) is 31.9 Å². The number of aromatic amines is 1. The average Bonchev–Trinajstić information content (AvgIpc) is 3.04. The van der Waals surface area contributed by atoms with Crippen LogP contribution in [0.15, 0.2) is 18.3 Å². The van der Waals surface area contributed by atoms with Gasteiger partial charge in [-0.3, -0.25) is 0 Å². The lowest BCUT2D eigenvalue weighted by Gasteiger charge is -2.27. The maximum atomic E-state index is 12.3. The number of nitrogens with zero attached hydrogens (tertiary/aromatic N) is 2. The number of urea groups is 1. The second-order valence-corrected chi connectivity index (χ2v) is 5.65. The molecule has 2 aliphatic rings. The van der Waals surface area contributed by atoms with E-state index in [1.54, 1.807) is 0 Å². The third-order valence-electron chi connectivity index (χ3n) is 4.29. The zero-order valence-corrected chi connectivity index (χ0v) is 11.4. The van der Waals surface area contributed by atoms with Gasteiger partial charge >= 0.3 is 6.03 Å². The second-order valence-electron chi connectivity index (χ2n) is 5.65. The lowest BCUT2D eigenvalue weighted by Crippen LogP contribution is -2.39. The Kier molecular flexibility index (Phi) is 3.46. The highest BCUT2D eigenvalue weighted by Crippen LogP contribution is 2.28. The number of aromatic nitrogens is 1. The van der Waals surface area contributed by atoms with Crippen molar-refractivity contribution >= 4 is 6.03 Å². The summed E-state index contributed by atoms with van der Waals surface area (Å²) < 4.78 is 0. The van der Waals surface area contributed by atoms with Crippen LogP contribution in [-0.4, -0.2) is 54.0 Å². The van der Waals surface area contributed by atoms with Gasteiger partial charge in [-0.15, -0.1) is 0 Å². The molecule has 2 fully saturated rings. The number of hydrogen-bond donors (Lipinski definition) is 2. The Morgan fingerprint density at radius 3 is 3.05 bits per heavy atom. The summed E-state index contributed by atoms with van der Waals surface area (Å²) in [4.78, 5) is 19.4. The number of amides is 2. The maximum absolute atomic E-state index is 12.3. The van der Waals surface area contributed by atoms with Gasteiger partial charge in [-0.1, -0.05) is 0 Å². The van der Waals surface area contributed by atoms with E-state index in [1.807, 2.05) is 29.1 Å². The molecule has 104 valence electrons. The Labute approximate surface area is 114 Å². The molecule has 1 aromatic heterocycles. The largest absolute Gasteiger partial charge is 0.363 e. The molecule has 2 saturated heterocycles. The second kappa shape index (κ2) is 5.25. The summed E-state index contributed by atoms with van der Waals surface area (Å²) in [7, 11) is 1.90. The standard InChI is InChI=1S/C14H22N4O/c1-17-13(12-5-3-7-16-12)10-18(14(17)19)9-11-4-2-6-15-8-11/h3,5,7,11,13,15-16H,2,4,6,8-10H2,1H3. The van der Waals surface area contributed by atoms with Crippen LogP contribution in [0.1, 0.15) is 24.6 Å². The summed E-state index contributed by atoms with van der Waals surface area (Å²) in [5, 5.41) is 3.42. The first-order valence-corrected chi connectivity index (χ1v) is 7.11. The maximum Gasteiger partial charge on any atom is 0.320 e. The Bertz CT molecular complexity index is 425. The monoisotopic (exact) mass is 262 g/mol. The molecule has 0 radical (unpaired) electrons. The lowest BCUT2D eigenvalue weighted by atomic mass is 9.99. The van der Waals surface area contributed by atoms with Crippen LogP contribution < -0.4 is 5.32 Å². The van der Waals surface area contributed by atoms with Crippen LogP contribution in [0.3, 0.4) is 0 Å². The van der Waals surface area contributed by atoms with Crippen LogP contribution in [-0.2, 0) is 0 Å². The predicted octanol–water partition coefficient (Wildman–Crippen LogP) is 1.42. The Balaban J connectivity index is 1.65. The third-order valence-corrected chi connectivity index (χ3v) is 4.29. The molecule has 1 aromatic rings. The van der Waals surface area contributed by atoms with Crippen molar-refractivity contribution in [2.24, 2.45) is 5.92 Å². The summed E-state index contributed by atoms with van der Waals surface area (Å²) in [5.41, 5.74) is 1.13. The summed E-state index contributed by atoms with van der Waals surface area (Å²) in [6.45, 7) is 3.84. The van der Waals surface area contributed by atoms with Gasteiger partial charge in [0, 0.05) is 32.0 Å². The van der Waals surface area contributed by atoms with Crippen molar-refractivity contribution in [1.82, 2.24) is 20.1 Å². The van der Waals surface area contributed by atoms with Gasteiger partial charge in [-0.25, -0.2) is 4.79 Å². The van der Waals surface area contributed by atoms with Gasteiger partial charge < -0.3 is 20.1 Å². The van der Waals surface area contributed by atoms with E-state index < -0.39 is 0 Å². The van der Waals surface area contributed by atoms with Crippen LogP contribution in [0.5, 0.6) is 0 Å². The fraction of sp³-hybridized carbons (Fsp3) is 0.643. The van der Waals surface area contributed by atoms with Crippen LogP contribution in [0, 0.1) is 5.92 Å². The summed E-state index contributed by atoms with van der Waals surface area (Å²) in [6, 6.07) is 4.37. The van der Waals surface area contributed by atoms with Crippen molar-refractivity contribution in [2.75, 3.05) is 33.2 Å². The molecule has 5 heteroatoms. The van der Waals surface area contributed by atoms with Crippen LogP contribution in [0.25, 0.3) is 0 Å². The van der Waals surface area contributed by atoms with E-state index >= 15 is 0 Å². The molecule has 3 heterocycles. The zero-order valence-electron chi connectivity index (χ0n) is 11.4. The number of carbonyl (C=O) groups is 1. The molecule has 2 N–H and O–H groups in total. The number of rotatable bonds is 3. The lowest BCUT2D eigenvalue weighted by molar-refractivity contribution is 0.185. The highest BCUT2D eigenvalue weighted by molar-refractivity contribution is 5.77. The Morgan fingerprint density at radius 2 is 2.37 bits per heavy atom. The van der Waals surface area contributed by atoms with E-state index in [0.29, 0.717) is 5.92 Å². The number of H-pyrrole nitrogens is 1. The number of hydrogen-bond acceptors (Lipinski definition) is 2. The number of piperidine rings is 1. The fourth-order valence-corrected chi connectivity index (χ4v) is 3.17. The predicted molar refractivity (Wildman–Crippen MR) is 73.9 cm³/mol. The Hall–Kier alpha value is -1.49. The molecular weight excluding hydrogens is 240 g/mol. The molecule has 3 rings (SSSR count). The van der Waals surface area contributed by atoms with E-state index in [9.17, 15) is 4.79 Å². The molecule has 19 heavy (non-hydrogen) atoms. The van der Waals surface area contributed by atoms with Gasteiger partial charge in [0.15, 0.2) is 0 Å². The van der Waals surface area contributed by atoms with Crippen LogP contribution >= 0.6 is 0 Å². The minimum Gasteiger partial charge on any atom is -0.363 e. The minimum atomic E-state index is 0.158. The first kappa shape index (κ1) is 12.5. The smallest absolute Gasteiger partial charge is 0.320 e. The molecule has 2 amide bonds. The first-order chi connectivity index (χ1) is 9.25. The van der Waals surface area contributed by atoms with Gasteiger partial charge in [0.05, 0.1) is 6.04 Å². The SMILES string of the molecule is CN1C(=O)N(CC2CCCNC2)CC1c1ccc[nH]1. The molecule has 2 unspecified atom stereocenters. The Morgan fingerprint density at radius 1 is 1.47 bits per heavy atom. The van der Waals surface area contributed by atoms with Crippen LogP contribution in [0.4, 0.5) is 4.79 Å². The molecule has 0 bridgehead atoms. The zero-order chi connectivity index (χ0) is 13.2. The molecular formula is C14H22N4O. The van der Waals surface area contributed by atoms with Crippen molar-refractivity contribution in [3.8, 4) is 0 Å². The van der Waals surface area contributed by atoms with Crippen molar-refractivity contribution in [2.45, 2.75) is 18.9 Å². The highest BCUT2D eigenvalue weighted by Gasteiger charge is 2.36. The van der Waals surface area contributed by atoms with Crippen molar-refractivity contribution in [1.29, 1.82) is 0 Å². The van der Waals surface area contributed by atoms with Gasteiger partial charge in [0.1, 0.15) is 0 Å². The summed E-state index contributed by atoms with van der Waals surface area (Å²) >= 11 is 0. The van der Waals surface area contributed by atoms with Gasteiger partial charge in [-0.05, 0) is 44.0 Å². The van der Waals surface area contributed by atoms with E-state index in [1.165, 1.54) is 12.8 Å². The summed E-state index contributed by atoms with van der Waals surface area (Å²) in [6.07, 6.45) is 4.37. The molecule has 0 aromatic carbocycles. The van der Waals surface area contributed by atoms with Gasteiger partial charge in [-0.2, -0.15) is 0 Å². The van der Waals surface area contributed by atoms with E-state index in [2.05, 4.69) is 16.4 Å². The van der Waals surface area contributed by atoms with Crippen LogP contribution in [0.2, 0.25) is 0 Å².